The first-order valence-corrected chi connectivity index (χ1v) is 3.29. The predicted molar refractivity (Wildman–Crippen MR) is 44.1 cm³/mol. The molecule has 0 saturated heterocycles. The topological polar surface area (TPSA) is 81.0 Å². The van der Waals surface area contributed by atoms with E-state index in [4.69, 9.17) is 5.73 Å². The van der Waals surface area contributed by atoms with Crippen LogP contribution in [0.4, 0.5) is 5.82 Å². The van der Waals surface area contributed by atoms with Crippen LogP contribution in [-0.2, 0) is 9.53 Å². The van der Waals surface area contributed by atoms with Crippen LogP contribution in [0, 0.1) is 0 Å². The first-order chi connectivity index (χ1) is 5.74. The lowest BCUT2D eigenvalue weighted by atomic mass is 10.4. The summed E-state index contributed by atoms with van der Waals surface area (Å²) in [4.78, 5) is 17.1. The minimum atomic E-state index is -0.427. The molecule has 1 aromatic rings. The molecule has 1 rings (SSSR count). The highest BCUT2D eigenvalue weighted by atomic mass is 16.5. The van der Waals surface area contributed by atoms with Gasteiger partial charge in [-0.1, -0.05) is 0 Å². The molecule has 0 atom stereocenters. The number of hydrogen-bond acceptors (Lipinski definition) is 4. The number of anilines is 1. The monoisotopic (exact) mass is 167 g/mol. The zero-order valence-electron chi connectivity index (χ0n) is 6.57. The summed E-state index contributed by atoms with van der Waals surface area (Å²) in [5.74, 6) is -0.0702. The molecule has 12 heavy (non-hydrogen) atoms. The average molecular weight is 167 g/mol. The number of ether oxygens (including phenoxy) is 1. The highest BCUT2D eigenvalue weighted by Crippen LogP contribution is 2.05. The molecule has 0 fully saturated rings. The van der Waals surface area contributed by atoms with Crippen molar-refractivity contribution < 1.29 is 9.53 Å². The molecule has 0 radical (unpaired) electrons. The summed E-state index contributed by atoms with van der Waals surface area (Å²) < 4.78 is 4.39. The second-order valence-electron chi connectivity index (χ2n) is 2.06. The molecule has 1 aromatic heterocycles. The van der Waals surface area contributed by atoms with Crippen LogP contribution in [0.3, 0.4) is 0 Å². The molecule has 0 saturated carbocycles. The first kappa shape index (κ1) is 8.32. The molecule has 0 unspecified atom stereocenters. The molecule has 5 nitrogen and oxygen atoms in total. The third-order valence-corrected chi connectivity index (χ3v) is 1.29. The number of H-pyrrole nitrogens is 1. The highest BCUT2D eigenvalue weighted by Gasteiger charge is 1.97. The molecule has 0 bridgehead atoms. The maximum absolute atomic E-state index is 10.6. The third-order valence-electron chi connectivity index (χ3n) is 1.29. The van der Waals surface area contributed by atoms with Crippen LogP contribution < -0.4 is 5.73 Å². The third kappa shape index (κ3) is 1.85. The lowest BCUT2D eigenvalue weighted by Gasteiger charge is -1.89. The van der Waals surface area contributed by atoms with Gasteiger partial charge < -0.3 is 15.5 Å². The number of hydrogen-bond donors (Lipinski definition) is 2. The number of aromatic amines is 1. The Morgan fingerprint density at radius 3 is 3.08 bits per heavy atom. The minimum absolute atomic E-state index is 0.357. The average Bonchev–Trinajstić information content (AvgIpc) is 2.47. The Hall–Kier alpha value is -1.78. The number of nitrogens with one attached hydrogen (secondary N) is 1. The van der Waals surface area contributed by atoms with Crippen LogP contribution >= 0.6 is 0 Å². The van der Waals surface area contributed by atoms with E-state index < -0.39 is 5.97 Å². The summed E-state index contributed by atoms with van der Waals surface area (Å²) in [6, 6.07) is 0. The van der Waals surface area contributed by atoms with Crippen LogP contribution in [0.5, 0.6) is 0 Å². The Bertz CT molecular complexity index is 303. The molecular weight excluding hydrogens is 158 g/mol. The van der Waals surface area contributed by atoms with E-state index in [1.54, 1.807) is 0 Å². The van der Waals surface area contributed by atoms with Gasteiger partial charge in [-0.05, 0) is 6.08 Å². The second kappa shape index (κ2) is 3.56. The maximum atomic E-state index is 10.6. The van der Waals surface area contributed by atoms with Crippen LogP contribution in [0.1, 0.15) is 5.69 Å². The Balaban J connectivity index is 2.69. The van der Waals surface area contributed by atoms with Crippen LogP contribution in [-0.4, -0.2) is 23.0 Å². The van der Waals surface area contributed by atoms with Gasteiger partial charge >= 0.3 is 5.97 Å². The van der Waals surface area contributed by atoms with Crippen molar-refractivity contribution in [2.75, 3.05) is 12.8 Å². The number of carbonyl (C=O) groups is 1. The summed E-state index contributed by atoms with van der Waals surface area (Å²) in [7, 11) is 1.31. The Kier molecular flexibility index (Phi) is 2.47. The summed E-state index contributed by atoms with van der Waals surface area (Å²) in [6.07, 6.45) is 4.23. The van der Waals surface area contributed by atoms with Gasteiger partial charge in [0, 0.05) is 6.08 Å². The molecule has 0 aliphatic heterocycles. The van der Waals surface area contributed by atoms with Crippen molar-refractivity contribution in [1.82, 2.24) is 9.97 Å². The maximum Gasteiger partial charge on any atom is 0.330 e. The van der Waals surface area contributed by atoms with Gasteiger partial charge in [0.15, 0.2) is 0 Å². The summed E-state index contributed by atoms with van der Waals surface area (Å²) in [5.41, 5.74) is 6.02. The SMILES string of the molecule is COC(=O)/C=C/c1[nH]cnc1N. The molecule has 3 N–H and O–H groups in total. The minimum Gasteiger partial charge on any atom is -0.466 e. The number of imidazole rings is 1. The molecule has 1 heterocycles. The molecule has 0 aliphatic rings. The van der Waals surface area contributed by atoms with E-state index >= 15 is 0 Å². The van der Waals surface area contributed by atoms with Crippen molar-refractivity contribution in [3.05, 3.63) is 18.1 Å². The molecule has 0 aromatic carbocycles. The second-order valence-corrected chi connectivity index (χ2v) is 2.06. The number of nitrogens with two attached hydrogens (primary N) is 1. The summed E-state index contributed by atoms with van der Waals surface area (Å²) in [6.45, 7) is 0. The number of nitrogen functional groups attached to an aromatic ring is 1. The van der Waals surface area contributed by atoms with Gasteiger partial charge in [-0.25, -0.2) is 9.78 Å². The Morgan fingerprint density at radius 2 is 2.58 bits per heavy atom. The highest BCUT2D eigenvalue weighted by molar-refractivity contribution is 5.87. The normalized spacial score (nSPS) is 10.4. The van der Waals surface area contributed by atoms with Gasteiger partial charge in [-0.3, -0.25) is 0 Å². The summed E-state index contributed by atoms with van der Waals surface area (Å²) >= 11 is 0. The molecule has 0 spiro atoms. The van der Waals surface area contributed by atoms with E-state index in [1.807, 2.05) is 0 Å². The standard InChI is InChI=1S/C7H9N3O2/c1-12-6(11)3-2-5-7(8)10-4-9-5/h2-4H,8H2,1H3,(H,9,10)/b3-2+. The Morgan fingerprint density at radius 1 is 1.83 bits per heavy atom. The number of rotatable bonds is 2. The Labute approximate surface area is 69.2 Å². The van der Waals surface area contributed by atoms with Gasteiger partial charge in [0.05, 0.1) is 19.1 Å². The van der Waals surface area contributed by atoms with Crippen molar-refractivity contribution in [1.29, 1.82) is 0 Å². The van der Waals surface area contributed by atoms with Crippen LogP contribution in [0.25, 0.3) is 6.08 Å². The predicted octanol–water partition coefficient (Wildman–Crippen LogP) is 0.178. The van der Waals surface area contributed by atoms with Crippen LogP contribution in [0.15, 0.2) is 12.4 Å². The van der Waals surface area contributed by atoms with Crippen molar-refractivity contribution in [3.63, 3.8) is 0 Å². The molecule has 5 heteroatoms. The van der Waals surface area contributed by atoms with Crippen molar-refractivity contribution in [2.45, 2.75) is 0 Å². The zero-order valence-corrected chi connectivity index (χ0v) is 6.57. The molecule has 0 amide bonds. The number of carbonyl (C=O) groups excluding carboxylic acids is 1. The number of aromatic nitrogens is 2. The van der Waals surface area contributed by atoms with E-state index in [0.717, 1.165) is 0 Å². The fourth-order valence-corrected chi connectivity index (χ4v) is 0.668. The largest absolute Gasteiger partial charge is 0.466 e. The van der Waals surface area contributed by atoms with E-state index in [9.17, 15) is 4.79 Å². The van der Waals surface area contributed by atoms with E-state index in [2.05, 4.69) is 14.7 Å². The van der Waals surface area contributed by atoms with Gasteiger partial charge in [0.2, 0.25) is 0 Å². The van der Waals surface area contributed by atoms with E-state index in [0.29, 0.717) is 11.5 Å². The lowest BCUT2D eigenvalue weighted by molar-refractivity contribution is -0.134. The quantitative estimate of drug-likeness (QED) is 0.486. The first-order valence-electron chi connectivity index (χ1n) is 3.29. The van der Waals surface area contributed by atoms with Gasteiger partial charge in [0.1, 0.15) is 5.82 Å². The van der Waals surface area contributed by atoms with Gasteiger partial charge in [-0.15, -0.1) is 0 Å². The lowest BCUT2D eigenvalue weighted by Crippen LogP contribution is -1.94. The number of nitrogens with zero attached hydrogens (tertiary/aromatic N) is 1. The van der Waals surface area contributed by atoms with Crippen molar-refractivity contribution in [3.8, 4) is 0 Å². The van der Waals surface area contributed by atoms with E-state index in [-0.39, 0.29) is 0 Å². The number of esters is 1. The summed E-state index contributed by atoms with van der Waals surface area (Å²) in [5, 5.41) is 0. The van der Waals surface area contributed by atoms with Gasteiger partial charge in [-0.2, -0.15) is 0 Å². The zero-order chi connectivity index (χ0) is 8.97. The fraction of sp³-hybridized carbons (Fsp3) is 0.143. The van der Waals surface area contributed by atoms with Crippen molar-refractivity contribution in [2.24, 2.45) is 0 Å². The van der Waals surface area contributed by atoms with Crippen molar-refractivity contribution >= 4 is 17.9 Å². The van der Waals surface area contributed by atoms with Crippen LogP contribution in [0.2, 0.25) is 0 Å². The van der Waals surface area contributed by atoms with E-state index in [1.165, 1.54) is 25.6 Å². The number of methoxy groups -OCH3 is 1. The fourth-order valence-electron chi connectivity index (χ4n) is 0.668. The smallest absolute Gasteiger partial charge is 0.330 e. The molecular formula is C7H9N3O2. The molecule has 64 valence electrons. The molecule has 0 aliphatic carbocycles. The van der Waals surface area contributed by atoms with Gasteiger partial charge in [0.25, 0.3) is 0 Å².